The second-order valence-corrected chi connectivity index (χ2v) is 4.14. The molecule has 1 aromatic heterocycles. The lowest BCUT2D eigenvalue weighted by molar-refractivity contribution is 0.282. The number of hydrogen-bond donors (Lipinski definition) is 2. The molecule has 5 heteroatoms. The number of nitrogens with zero attached hydrogens (tertiary/aromatic N) is 1. The van der Waals surface area contributed by atoms with Crippen LogP contribution in [0.5, 0.6) is 0 Å². The monoisotopic (exact) mass is 268 g/mol. The molecule has 1 heterocycles. The minimum atomic E-state index is -0.204. The van der Waals surface area contributed by atoms with Crippen molar-refractivity contribution in [1.82, 2.24) is 9.97 Å². The molecule has 0 aliphatic carbocycles. The van der Waals surface area contributed by atoms with Crippen molar-refractivity contribution in [2.45, 2.75) is 13.5 Å². The number of benzene rings is 1. The molecule has 0 spiro atoms. The molecule has 2 rings (SSSR count). The summed E-state index contributed by atoms with van der Waals surface area (Å²) in [7, 11) is 0. The number of aromatic amines is 1. The number of aliphatic hydroxyl groups is 1. The Morgan fingerprint density at radius 2 is 2.27 bits per heavy atom. The summed E-state index contributed by atoms with van der Waals surface area (Å²) < 4.78 is 0.767. The first-order valence-corrected chi connectivity index (χ1v) is 5.21. The van der Waals surface area contributed by atoms with Crippen LogP contribution in [0.4, 0.5) is 0 Å². The predicted molar refractivity (Wildman–Crippen MR) is 60.7 cm³/mol. The highest BCUT2D eigenvalue weighted by atomic mass is 79.9. The number of H-pyrrole nitrogens is 1. The van der Waals surface area contributed by atoms with Crippen LogP contribution in [0, 0.1) is 6.92 Å². The van der Waals surface area contributed by atoms with Crippen molar-refractivity contribution in [2.75, 3.05) is 0 Å². The van der Waals surface area contributed by atoms with Crippen LogP contribution in [-0.4, -0.2) is 15.1 Å². The van der Waals surface area contributed by atoms with Crippen LogP contribution in [0.25, 0.3) is 11.0 Å². The Morgan fingerprint density at radius 1 is 1.53 bits per heavy atom. The first kappa shape index (κ1) is 10.3. The summed E-state index contributed by atoms with van der Waals surface area (Å²) in [5.74, 6) is 0. The Labute approximate surface area is 94.1 Å². The van der Waals surface area contributed by atoms with Gasteiger partial charge in [0.25, 0.3) is 5.56 Å². The Kier molecular flexibility index (Phi) is 2.58. The van der Waals surface area contributed by atoms with Crippen molar-refractivity contribution < 1.29 is 5.11 Å². The van der Waals surface area contributed by atoms with Gasteiger partial charge >= 0.3 is 0 Å². The van der Waals surface area contributed by atoms with E-state index < -0.39 is 0 Å². The minimum absolute atomic E-state index is 0.0650. The Morgan fingerprint density at radius 3 is 2.93 bits per heavy atom. The minimum Gasteiger partial charge on any atom is -0.392 e. The van der Waals surface area contributed by atoms with E-state index in [9.17, 15) is 4.79 Å². The van der Waals surface area contributed by atoms with Crippen LogP contribution >= 0.6 is 15.9 Å². The van der Waals surface area contributed by atoms with Gasteiger partial charge < -0.3 is 10.1 Å². The van der Waals surface area contributed by atoms with E-state index in [0.717, 1.165) is 10.0 Å². The van der Waals surface area contributed by atoms with Crippen LogP contribution in [-0.2, 0) is 6.61 Å². The molecule has 0 fully saturated rings. The molecular formula is C10H9BrN2O2. The zero-order valence-electron chi connectivity index (χ0n) is 8.04. The largest absolute Gasteiger partial charge is 0.392 e. The number of aromatic nitrogens is 2. The third-order valence-electron chi connectivity index (χ3n) is 2.16. The molecule has 2 aromatic rings. The first-order chi connectivity index (χ1) is 7.11. The van der Waals surface area contributed by atoms with E-state index in [1.807, 2.05) is 0 Å². The quantitative estimate of drug-likeness (QED) is 0.824. The number of nitrogens with one attached hydrogen (secondary N) is 1. The van der Waals surface area contributed by atoms with Crippen molar-refractivity contribution in [3.05, 3.63) is 38.2 Å². The number of rotatable bonds is 1. The second-order valence-electron chi connectivity index (χ2n) is 3.28. The smallest absolute Gasteiger partial charge is 0.269 e. The molecule has 15 heavy (non-hydrogen) atoms. The van der Waals surface area contributed by atoms with Crippen molar-refractivity contribution in [2.24, 2.45) is 0 Å². The SMILES string of the molecule is Cc1nc2c(Br)cc(CO)cc2[nH]c1=O. The summed E-state index contributed by atoms with van der Waals surface area (Å²) in [6.07, 6.45) is 0. The van der Waals surface area contributed by atoms with Gasteiger partial charge in [0.15, 0.2) is 0 Å². The molecule has 0 saturated heterocycles. The fourth-order valence-corrected chi connectivity index (χ4v) is 1.98. The molecule has 0 bridgehead atoms. The van der Waals surface area contributed by atoms with E-state index in [-0.39, 0.29) is 12.2 Å². The van der Waals surface area contributed by atoms with Gasteiger partial charge in [0.05, 0.1) is 12.1 Å². The molecule has 0 unspecified atom stereocenters. The highest BCUT2D eigenvalue weighted by Crippen LogP contribution is 2.22. The Hall–Kier alpha value is -1.20. The van der Waals surface area contributed by atoms with E-state index in [1.165, 1.54) is 0 Å². The maximum atomic E-state index is 11.3. The molecule has 0 aliphatic rings. The Balaban J connectivity index is 2.86. The van der Waals surface area contributed by atoms with E-state index in [2.05, 4.69) is 25.9 Å². The predicted octanol–water partition coefficient (Wildman–Crippen LogP) is 1.49. The van der Waals surface area contributed by atoms with Crippen molar-refractivity contribution in [3.8, 4) is 0 Å². The number of halogens is 1. The topological polar surface area (TPSA) is 66.0 Å². The normalized spacial score (nSPS) is 10.9. The lowest BCUT2D eigenvalue weighted by Gasteiger charge is -2.03. The third-order valence-corrected chi connectivity index (χ3v) is 2.77. The van der Waals surface area contributed by atoms with Crippen molar-refractivity contribution in [3.63, 3.8) is 0 Å². The van der Waals surface area contributed by atoms with E-state index in [1.54, 1.807) is 19.1 Å². The van der Waals surface area contributed by atoms with E-state index in [4.69, 9.17) is 5.11 Å². The standard InChI is InChI=1S/C10H9BrN2O2/c1-5-10(15)13-8-3-6(4-14)2-7(11)9(8)12-5/h2-3,14H,4H2,1H3,(H,13,15). The molecule has 0 saturated carbocycles. The molecule has 4 nitrogen and oxygen atoms in total. The van der Waals surface area contributed by atoms with Crippen LogP contribution in [0.3, 0.4) is 0 Å². The summed E-state index contributed by atoms with van der Waals surface area (Å²) in [4.78, 5) is 18.2. The van der Waals surface area contributed by atoms with Crippen LogP contribution < -0.4 is 5.56 Å². The molecule has 1 aromatic carbocycles. The zero-order valence-corrected chi connectivity index (χ0v) is 9.63. The van der Waals surface area contributed by atoms with Gasteiger partial charge in [-0.25, -0.2) is 4.98 Å². The van der Waals surface area contributed by atoms with Gasteiger partial charge in [-0.1, -0.05) is 0 Å². The zero-order chi connectivity index (χ0) is 11.0. The van der Waals surface area contributed by atoms with E-state index in [0.29, 0.717) is 16.7 Å². The van der Waals surface area contributed by atoms with Gasteiger partial charge in [-0.05, 0) is 40.5 Å². The fourth-order valence-electron chi connectivity index (χ4n) is 1.39. The summed E-state index contributed by atoms with van der Waals surface area (Å²) in [5.41, 5.74) is 2.29. The second kappa shape index (κ2) is 3.75. The average molecular weight is 269 g/mol. The van der Waals surface area contributed by atoms with Gasteiger partial charge in [0, 0.05) is 4.47 Å². The van der Waals surface area contributed by atoms with Gasteiger partial charge in [0.1, 0.15) is 11.2 Å². The van der Waals surface area contributed by atoms with Crippen LogP contribution in [0.15, 0.2) is 21.4 Å². The van der Waals surface area contributed by atoms with Crippen molar-refractivity contribution in [1.29, 1.82) is 0 Å². The number of aliphatic hydroxyl groups excluding tert-OH is 1. The average Bonchev–Trinajstić information content (AvgIpc) is 2.21. The molecule has 2 N–H and O–H groups in total. The summed E-state index contributed by atoms with van der Waals surface area (Å²) in [5, 5.41) is 9.01. The molecule has 0 aliphatic heterocycles. The highest BCUT2D eigenvalue weighted by Gasteiger charge is 2.05. The summed E-state index contributed by atoms with van der Waals surface area (Å²) >= 11 is 3.35. The van der Waals surface area contributed by atoms with Crippen LogP contribution in [0.1, 0.15) is 11.3 Å². The third kappa shape index (κ3) is 1.80. The van der Waals surface area contributed by atoms with Gasteiger partial charge in [0.2, 0.25) is 0 Å². The number of hydrogen-bond acceptors (Lipinski definition) is 3. The van der Waals surface area contributed by atoms with Crippen LogP contribution in [0.2, 0.25) is 0 Å². The highest BCUT2D eigenvalue weighted by molar-refractivity contribution is 9.10. The fraction of sp³-hybridized carbons (Fsp3) is 0.200. The van der Waals surface area contributed by atoms with Crippen molar-refractivity contribution >= 4 is 27.0 Å². The molecule has 0 amide bonds. The first-order valence-electron chi connectivity index (χ1n) is 4.41. The molecule has 78 valence electrons. The summed E-state index contributed by atoms with van der Waals surface area (Å²) in [6, 6.07) is 3.50. The Bertz CT molecular complexity index is 577. The van der Waals surface area contributed by atoms with Gasteiger partial charge in [-0.15, -0.1) is 0 Å². The van der Waals surface area contributed by atoms with Gasteiger partial charge in [-0.2, -0.15) is 0 Å². The molecule has 0 radical (unpaired) electrons. The lowest BCUT2D eigenvalue weighted by atomic mass is 10.2. The molecule has 0 atom stereocenters. The van der Waals surface area contributed by atoms with Gasteiger partial charge in [-0.3, -0.25) is 4.79 Å². The van der Waals surface area contributed by atoms with E-state index >= 15 is 0 Å². The lowest BCUT2D eigenvalue weighted by Crippen LogP contribution is -2.11. The number of aryl methyl sites for hydroxylation is 1. The maximum Gasteiger partial charge on any atom is 0.269 e. The summed E-state index contributed by atoms with van der Waals surface area (Å²) in [6.45, 7) is 1.59. The number of fused-ring (bicyclic) bond motifs is 1. The molecular weight excluding hydrogens is 260 g/mol. The maximum absolute atomic E-state index is 11.3.